The molecule has 0 spiro atoms. The Morgan fingerprint density at radius 3 is 2.86 bits per heavy atom. The van der Waals surface area contributed by atoms with Crippen LogP contribution in [0.4, 0.5) is 0 Å². The SMILES string of the molecule is C#N.CC(=O)N(OC(C)C)C1CCCN(Cc2nn[nH]n2)C1. The van der Waals surface area contributed by atoms with E-state index >= 15 is 0 Å². The predicted molar refractivity (Wildman–Crippen MR) is 77.9 cm³/mol. The van der Waals surface area contributed by atoms with Gasteiger partial charge < -0.3 is 0 Å². The number of nitrogens with one attached hydrogen (secondary N) is 1. The molecule has 1 N–H and O–H groups in total. The first-order chi connectivity index (χ1) is 10.6. The summed E-state index contributed by atoms with van der Waals surface area (Å²) >= 11 is 0. The molecule has 2 heterocycles. The molecule has 1 unspecified atom stereocenters. The molecule has 1 fully saturated rings. The third-order valence-electron chi connectivity index (χ3n) is 3.20. The summed E-state index contributed by atoms with van der Waals surface area (Å²) in [5, 5.41) is 22.0. The van der Waals surface area contributed by atoms with Gasteiger partial charge in [-0.05, 0) is 33.2 Å². The number of nitrogens with zero attached hydrogens (tertiary/aromatic N) is 6. The van der Waals surface area contributed by atoms with Gasteiger partial charge in [0.05, 0.1) is 18.7 Å². The standard InChI is InChI=1S/C12H22N6O2.CHN/c1-9(2)20-18(10(3)19)11-5-4-6-17(7-11)8-12-13-15-16-14-12;1-2/h9,11H,4-8H2,1-3H3,(H,13,14,15,16);1H. The number of carbonyl (C=O) groups is 1. The maximum Gasteiger partial charge on any atom is 0.243 e. The summed E-state index contributed by atoms with van der Waals surface area (Å²) in [6.45, 7) is 11.3. The van der Waals surface area contributed by atoms with Crippen LogP contribution < -0.4 is 0 Å². The summed E-state index contributed by atoms with van der Waals surface area (Å²) in [6, 6.07) is 0.0792. The van der Waals surface area contributed by atoms with Crippen LogP contribution in [-0.2, 0) is 16.2 Å². The Morgan fingerprint density at radius 2 is 2.32 bits per heavy atom. The minimum atomic E-state index is -0.0508. The normalized spacial score (nSPS) is 18.5. The molecule has 0 aromatic carbocycles. The maximum absolute atomic E-state index is 11.7. The van der Waals surface area contributed by atoms with Crippen LogP contribution in [0, 0.1) is 11.8 Å². The topological polar surface area (TPSA) is 111 Å². The number of amides is 1. The quantitative estimate of drug-likeness (QED) is 0.788. The number of carbonyl (C=O) groups excluding carboxylic acids is 1. The number of aromatic amines is 1. The van der Waals surface area contributed by atoms with Crippen molar-refractivity contribution in [2.75, 3.05) is 13.1 Å². The van der Waals surface area contributed by atoms with Crippen LogP contribution in [0.2, 0.25) is 0 Å². The van der Waals surface area contributed by atoms with Gasteiger partial charge in [-0.2, -0.15) is 5.21 Å². The van der Waals surface area contributed by atoms with Gasteiger partial charge in [0.15, 0.2) is 5.82 Å². The highest BCUT2D eigenvalue weighted by Crippen LogP contribution is 2.18. The number of hydrogen-bond donors (Lipinski definition) is 1. The molecule has 22 heavy (non-hydrogen) atoms. The molecular weight excluding hydrogens is 286 g/mol. The van der Waals surface area contributed by atoms with Crippen LogP contribution in [0.5, 0.6) is 0 Å². The lowest BCUT2D eigenvalue weighted by molar-refractivity contribution is -0.219. The molecule has 2 rings (SSSR count). The molecule has 1 saturated heterocycles. The number of hydrogen-bond acceptors (Lipinski definition) is 7. The first-order valence-corrected chi connectivity index (χ1v) is 7.23. The first-order valence-electron chi connectivity index (χ1n) is 7.23. The van der Waals surface area contributed by atoms with Gasteiger partial charge in [-0.3, -0.25) is 14.5 Å². The lowest BCUT2D eigenvalue weighted by Gasteiger charge is -2.38. The fourth-order valence-corrected chi connectivity index (χ4v) is 2.46. The number of aromatic nitrogens is 4. The van der Waals surface area contributed by atoms with Gasteiger partial charge in [0.25, 0.3) is 0 Å². The second-order valence-electron chi connectivity index (χ2n) is 5.36. The van der Waals surface area contributed by atoms with Crippen LogP contribution in [0.1, 0.15) is 39.4 Å². The average molecular weight is 309 g/mol. The van der Waals surface area contributed by atoms with Crippen molar-refractivity contribution in [1.29, 1.82) is 5.26 Å². The highest BCUT2D eigenvalue weighted by Gasteiger charge is 2.29. The number of likely N-dealkylation sites (tertiary alicyclic amines) is 1. The van der Waals surface area contributed by atoms with Crippen molar-refractivity contribution in [3.8, 4) is 6.57 Å². The Labute approximate surface area is 130 Å². The third kappa shape index (κ3) is 5.38. The summed E-state index contributed by atoms with van der Waals surface area (Å²) in [5.74, 6) is 0.620. The van der Waals surface area contributed by atoms with Crippen molar-refractivity contribution < 1.29 is 9.63 Å². The number of tetrazole rings is 1. The summed E-state index contributed by atoms with van der Waals surface area (Å²) in [4.78, 5) is 19.6. The molecule has 9 nitrogen and oxygen atoms in total. The zero-order valence-corrected chi connectivity index (χ0v) is 13.3. The Morgan fingerprint density at radius 1 is 1.59 bits per heavy atom. The van der Waals surface area contributed by atoms with E-state index in [4.69, 9.17) is 10.1 Å². The molecule has 1 aliphatic rings. The van der Waals surface area contributed by atoms with Gasteiger partial charge in [0.1, 0.15) is 0 Å². The number of H-pyrrole nitrogens is 1. The van der Waals surface area contributed by atoms with Crippen LogP contribution in [0.15, 0.2) is 0 Å². The van der Waals surface area contributed by atoms with Crippen molar-refractivity contribution in [1.82, 2.24) is 30.6 Å². The van der Waals surface area contributed by atoms with E-state index in [-0.39, 0.29) is 18.1 Å². The molecule has 0 bridgehead atoms. The van der Waals surface area contributed by atoms with E-state index in [0.29, 0.717) is 12.4 Å². The molecule has 0 radical (unpaired) electrons. The molecular formula is C13H23N7O2. The number of nitriles is 1. The Hall–Kier alpha value is -2.05. The first kappa shape index (κ1) is 18.0. The molecule has 1 atom stereocenters. The summed E-state index contributed by atoms with van der Waals surface area (Å²) in [6.07, 6.45) is 1.97. The third-order valence-corrected chi connectivity index (χ3v) is 3.20. The predicted octanol–water partition coefficient (Wildman–Crippen LogP) is 0.492. The minimum absolute atomic E-state index is 0.00789. The molecule has 1 aromatic rings. The summed E-state index contributed by atoms with van der Waals surface area (Å²) < 4.78 is 0. The van der Waals surface area contributed by atoms with Crippen molar-refractivity contribution in [2.45, 2.75) is 52.3 Å². The van der Waals surface area contributed by atoms with Crippen molar-refractivity contribution in [3.63, 3.8) is 0 Å². The van der Waals surface area contributed by atoms with E-state index in [2.05, 4.69) is 32.1 Å². The average Bonchev–Trinajstić information content (AvgIpc) is 2.99. The fourth-order valence-electron chi connectivity index (χ4n) is 2.46. The highest BCUT2D eigenvalue weighted by molar-refractivity contribution is 5.72. The molecule has 1 aromatic heterocycles. The zero-order chi connectivity index (χ0) is 16.5. The van der Waals surface area contributed by atoms with Crippen LogP contribution in [-0.4, -0.2) is 61.7 Å². The molecule has 9 heteroatoms. The number of hydroxylamine groups is 2. The fraction of sp³-hybridized carbons (Fsp3) is 0.769. The minimum Gasteiger partial charge on any atom is -0.294 e. The maximum atomic E-state index is 11.7. The van der Waals surface area contributed by atoms with Gasteiger partial charge >= 0.3 is 0 Å². The lowest BCUT2D eigenvalue weighted by Crippen LogP contribution is -2.50. The van der Waals surface area contributed by atoms with E-state index in [9.17, 15) is 4.79 Å². The van der Waals surface area contributed by atoms with Gasteiger partial charge in [-0.15, -0.1) is 10.2 Å². The smallest absolute Gasteiger partial charge is 0.243 e. The van der Waals surface area contributed by atoms with E-state index < -0.39 is 0 Å². The second-order valence-corrected chi connectivity index (χ2v) is 5.36. The summed E-state index contributed by atoms with van der Waals surface area (Å²) in [5.41, 5.74) is 0. The van der Waals surface area contributed by atoms with Crippen LogP contribution in [0.3, 0.4) is 0 Å². The Balaban J connectivity index is 0.00000116. The van der Waals surface area contributed by atoms with E-state index in [0.717, 1.165) is 25.9 Å². The van der Waals surface area contributed by atoms with Crippen molar-refractivity contribution >= 4 is 5.91 Å². The van der Waals surface area contributed by atoms with Crippen LogP contribution in [0.25, 0.3) is 0 Å². The van der Waals surface area contributed by atoms with Gasteiger partial charge in [0.2, 0.25) is 5.91 Å². The highest BCUT2D eigenvalue weighted by atomic mass is 16.7. The largest absolute Gasteiger partial charge is 0.294 e. The number of rotatable bonds is 5. The molecule has 1 amide bonds. The molecule has 0 saturated carbocycles. The number of piperidine rings is 1. The van der Waals surface area contributed by atoms with Crippen LogP contribution >= 0.6 is 0 Å². The van der Waals surface area contributed by atoms with Gasteiger partial charge in [0, 0.05) is 20.0 Å². The zero-order valence-electron chi connectivity index (χ0n) is 13.3. The molecule has 0 aliphatic carbocycles. The van der Waals surface area contributed by atoms with Gasteiger partial charge in [-0.25, -0.2) is 10.3 Å². The van der Waals surface area contributed by atoms with Gasteiger partial charge in [-0.1, -0.05) is 5.21 Å². The monoisotopic (exact) mass is 309 g/mol. The van der Waals surface area contributed by atoms with Crippen molar-refractivity contribution in [3.05, 3.63) is 5.82 Å². The lowest BCUT2D eigenvalue weighted by atomic mass is 10.1. The summed E-state index contributed by atoms with van der Waals surface area (Å²) in [7, 11) is 0. The van der Waals surface area contributed by atoms with Crippen molar-refractivity contribution in [2.24, 2.45) is 0 Å². The van der Waals surface area contributed by atoms with E-state index in [1.165, 1.54) is 5.06 Å². The Kier molecular flexibility index (Phi) is 7.42. The van der Waals surface area contributed by atoms with E-state index in [1.54, 1.807) is 6.92 Å². The molecule has 1 aliphatic heterocycles. The molecule has 122 valence electrons. The van der Waals surface area contributed by atoms with E-state index in [1.807, 2.05) is 13.8 Å². The second kappa shape index (κ2) is 9.07. The Bertz CT molecular complexity index is 460.